The number of hydrogen-bond donors (Lipinski definition) is 2. The summed E-state index contributed by atoms with van der Waals surface area (Å²) in [5.41, 5.74) is 11.5. The summed E-state index contributed by atoms with van der Waals surface area (Å²) < 4.78 is 25.9. The summed E-state index contributed by atoms with van der Waals surface area (Å²) in [6.45, 7) is 5.26. The van der Waals surface area contributed by atoms with E-state index in [2.05, 4.69) is 23.9 Å². The Morgan fingerprint density at radius 1 is 1.07 bits per heavy atom. The maximum absolute atomic E-state index is 14.8. The molecule has 0 atom stereocenters. The Labute approximate surface area is 166 Å². The molecule has 3 rings (SSSR count). The Kier molecular flexibility index (Phi) is 6.71. The van der Waals surface area contributed by atoms with Gasteiger partial charge in [0.2, 0.25) is 0 Å². The molecule has 28 heavy (non-hydrogen) atoms. The van der Waals surface area contributed by atoms with Crippen molar-refractivity contribution in [2.45, 2.75) is 33.3 Å². The Hall–Kier alpha value is -2.79. The zero-order valence-corrected chi connectivity index (χ0v) is 16.6. The van der Waals surface area contributed by atoms with Gasteiger partial charge >= 0.3 is 0 Å². The van der Waals surface area contributed by atoms with Gasteiger partial charge in [-0.05, 0) is 55.5 Å². The lowest BCUT2D eigenvalue weighted by Gasteiger charge is -2.16. The minimum Gasteiger partial charge on any atom is -0.493 e. The van der Waals surface area contributed by atoms with E-state index in [0.717, 1.165) is 29.7 Å². The fourth-order valence-electron chi connectivity index (χ4n) is 3.08. The number of halogens is 1. The second-order valence-corrected chi connectivity index (χ2v) is 6.98. The maximum atomic E-state index is 14.8. The normalized spacial score (nSPS) is 18.0. The molecule has 2 aromatic rings. The summed E-state index contributed by atoms with van der Waals surface area (Å²) in [7, 11) is 1.53. The molecule has 0 unspecified atom stereocenters. The van der Waals surface area contributed by atoms with Crippen LogP contribution in [-0.2, 0) is 13.0 Å². The number of nitrogens with one attached hydrogen (secondary N) is 2. The molecule has 1 heterocycles. The molecule has 0 saturated carbocycles. The molecule has 0 amide bonds. The van der Waals surface area contributed by atoms with E-state index < -0.39 is 5.82 Å². The number of methoxy groups -OCH3 is 1. The van der Waals surface area contributed by atoms with E-state index in [4.69, 9.17) is 9.47 Å². The van der Waals surface area contributed by atoms with Crippen LogP contribution in [0.2, 0.25) is 0 Å². The van der Waals surface area contributed by atoms with Gasteiger partial charge in [0.1, 0.15) is 6.61 Å². The molecule has 2 N–H and O–H groups in total. The quantitative estimate of drug-likeness (QED) is 0.767. The van der Waals surface area contributed by atoms with Crippen LogP contribution in [0.3, 0.4) is 0 Å². The molecule has 4 nitrogen and oxygen atoms in total. The zero-order chi connectivity index (χ0) is 19.9. The van der Waals surface area contributed by atoms with Crippen LogP contribution in [0.1, 0.15) is 30.0 Å². The average molecular weight is 382 g/mol. The summed E-state index contributed by atoms with van der Waals surface area (Å²) in [5.74, 6) is 0.132. The second-order valence-electron chi connectivity index (χ2n) is 6.98. The van der Waals surface area contributed by atoms with Crippen molar-refractivity contribution in [2.75, 3.05) is 13.7 Å². The summed E-state index contributed by atoms with van der Waals surface area (Å²) in [4.78, 5) is 0. The van der Waals surface area contributed by atoms with E-state index in [0.29, 0.717) is 12.2 Å². The van der Waals surface area contributed by atoms with E-state index in [-0.39, 0.29) is 12.4 Å². The molecular formula is C23H27FN2O2. The van der Waals surface area contributed by atoms with Crippen molar-refractivity contribution in [2.24, 2.45) is 0 Å². The van der Waals surface area contributed by atoms with Crippen molar-refractivity contribution in [1.29, 1.82) is 0 Å². The molecule has 2 aromatic carbocycles. The largest absolute Gasteiger partial charge is 0.493 e. The lowest BCUT2D eigenvalue weighted by atomic mass is 9.98. The lowest BCUT2D eigenvalue weighted by Crippen LogP contribution is -2.29. The van der Waals surface area contributed by atoms with Crippen molar-refractivity contribution in [1.82, 2.24) is 10.9 Å². The molecule has 0 fully saturated rings. The van der Waals surface area contributed by atoms with Crippen LogP contribution < -0.4 is 20.3 Å². The van der Waals surface area contributed by atoms with Gasteiger partial charge in [0.25, 0.3) is 0 Å². The molecule has 1 aliphatic heterocycles. The van der Waals surface area contributed by atoms with Crippen molar-refractivity contribution in [3.8, 4) is 11.5 Å². The Morgan fingerprint density at radius 2 is 1.86 bits per heavy atom. The van der Waals surface area contributed by atoms with Crippen molar-refractivity contribution < 1.29 is 13.9 Å². The maximum Gasteiger partial charge on any atom is 0.197 e. The van der Waals surface area contributed by atoms with Crippen molar-refractivity contribution >= 4 is 0 Å². The number of benzene rings is 2. The molecule has 0 saturated heterocycles. The van der Waals surface area contributed by atoms with Gasteiger partial charge in [0.05, 0.1) is 7.11 Å². The van der Waals surface area contributed by atoms with Crippen LogP contribution in [0.4, 0.5) is 4.39 Å². The number of ether oxygens (including phenoxy) is 2. The number of allylic oxidation sites excluding steroid dienone is 2. The second kappa shape index (κ2) is 9.42. The van der Waals surface area contributed by atoms with E-state index >= 15 is 0 Å². The minimum atomic E-state index is -0.416. The summed E-state index contributed by atoms with van der Waals surface area (Å²) in [5, 5.41) is 0. The fraction of sp³-hybridized carbons (Fsp3) is 0.304. The van der Waals surface area contributed by atoms with E-state index in [1.54, 1.807) is 0 Å². The number of aryl methyl sites for hydroxylation is 1. The Morgan fingerprint density at radius 3 is 2.61 bits per heavy atom. The highest BCUT2D eigenvalue weighted by atomic mass is 19.1. The fourth-order valence-corrected chi connectivity index (χ4v) is 3.08. The number of hydrazine groups is 1. The molecule has 0 aromatic heterocycles. The first-order chi connectivity index (χ1) is 13.6. The van der Waals surface area contributed by atoms with Crippen molar-refractivity contribution in [3.05, 3.63) is 82.3 Å². The van der Waals surface area contributed by atoms with Gasteiger partial charge in [-0.1, -0.05) is 41.5 Å². The molecular weight excluding hydrogens is 355 g/mol. The molecule has 148 valence electrons. The molecule has 1 aliphatic rings. The van der Waals surface area contributed by atoms with E-state index in [1.165, 1.54) is 24.3 Å². The first kappa shape index (κ1) is 20.0. The molecule has 0 spiro atoms. The van der Waals surface area contributed by atoms with Gasteiger partial charge in [-0.2, -0.15) is 0 Å². The molecule has 0 radical (unpaired) electrons. The predicted molar refractivity (Wildman–Crippen MR) is 110 cm³/mol. The molecule has 0 bridgehead atoms. The third-order valence-corrected chi connectivity index (χ3v) is 4.76. The van der Waals surface area contributed by atoms with Crippen LogP contribution in [0.5, 0.6) is 11.5 Å². The smallest absolute Gasteiger partial charge is 0.197 e. The summed E-state index contributed by atoms with van der Waals surface area (Å²) in [6, 6.07) is 11.3. The first-order valence-electron chi connectivity index (χ1n) is 9.46. The molecule has 5 heteroatoms. The van der Waals surface area contributed by atoms with E-state index in [1.807, 2.05) is 43.5 Å². The van der Waals surface area contributed by atoms with Crippen LogP contribution in [0.25, 0.3) is 0 Å². The topological polar surface area (TPSA) is 42.5 Å². The van der Waals surface area contributed by atoms with Crippen molar-refractivity contribution in [3.63, 3.8) is 0 Å². The van der Waals surface area contributed by atoms with Crippen LogP contribution in [-0.4, -0.2) is 13.7 Å². The number of rotatable bonds is 6. The highest BCUT2D eigenvalue weighted by Gasteiger charge is 2.15. The monoisotopic (exact) mass is 382 g/mol. The van der Waals surface area contributed by atoms with Gasteiger partial charge in [-0.3, -0.25) is 0 Å². The standard InChI is InChI=1S/C23H27FN2O2/c1-16-6-8-18(9-7-16)15-28-23-21(24)12-19(13-22(23)27-3)11-20-14-26-25-10-4-5-17(20)2/h5-9,12-14,25-26H,4,10-11,15H2,1-3H3/b17-5+,20-14-. The summed E-state index contributed by atoms with van der Waals surface area (Å²) in [6.07, 6.45) is 5.66. The van der Waals surface area contributed by atoms with Gasteiger partial charge in [0, 0.05) is 12.7 Å². The average Bonchev–Trinajstić information content (AvgIpc) is 2.68. The predicted octanol–water partition coefficient (Wildman–Crippen LogP) is 4.59. The highest BCUT2D eigenvalue weighted by molar-refractivity contribution is 5.46. The first-order valence-corrected chi connectivity index (χ1v) is 9.46. The SMILES string of the molecule is COc1cc(CC2=C/NNCC\C=C\2C)cc(F)c1OCc1ccc(C)cc1. The van der Waals surface area contributed by atoms with Crippen LogP contribution in [0.15, 0.2) is 59.8 Å². The van der Waals surface area contributed by atoms with Gasteiger partial charge in [-0.25, -0.2) is 9.82 Å². The Bertz CT molecular complexity index is 873. The van der Waals surface area contributed by atoms with Crippen LogP contribution in [0, 0.1) is 12.7 Å². The van der Waals surface area contributed by atoms with Gasteiger partial charge in [0.15, 0.2) is 17.3 Å². The highest BCUT2D eigenvalue weighted by Crippen LogP contribution is 2.33. The third kappa shape index (κ3) is 5.14. The van der Waals surface area contributed by atoms with Gasteiger partial charge < -0.3 is 14.9 Å². The van der Waals surface area contributed by atoms with Gasteiger partial charge in [-0.15, -0.1) is 0 Å². The zero-order valence-electron chi connectivity index (χ0n) is 16.6. The van der Waals surface area contributed by atoms with E-state index in [9.17, 15) is 4.39 Å². The third-order valence-electron chi connectivity index (χ3n) is 4.76. The minimum absolute atomic E-state index is 0.144. The summed E-state index contributed by atoms with van der Waals surface area (Å²) >= 11 is 0. The lowest BCUT2D eigenvalue weighted by molar-refractivity contribution is 0.269. The van der Waals surface area contributed by atoms with Crippen LogP contribution >= 0.6 is 0 Å². The molecule has 0 aliphatic carbocycles. The number of hydrogen-bond acceptors (Lipinski definition) is 4. The Balaban J connectivity index is 1.78.